The van der Waals surface area contributed by atoms with Gasteiger partial charge >= 0.3 is 16.3 Å². The van der Waals surface area contributed by atoms with Gasteiger partial charge in [-0.15, -0.1) is 0 Å². The van der Waals surface area contributed by atoms with E-state index in [1.807, 2.05) is 6.07 Å². The highest BCUT2D eigenvalue weighted by Crippen LogP contribution is 2.16. The van der Waals surface area contributed by atoms with Crippen molar-refractivity contribution in [2.24, 2.45) is 0 Å². The van der Waals surface area contributed by atoms with Crippen LogP contribution in [0.2, 0.25) is 0 Å². The van der Waals surface area contributed by atoms with Crippen molar-refractivity contribution in [3.8, 4) is 11.8 Å². The maximum atomic E-state index is 11.5. The molecule has 0 fully saturated rings. The van der Waals surface area contributed by atoms with Crippen LogP contribution in [0.3, 0.4) is 0 Å². The monoisotopic (exact) mass is 299 g/mol. The van der Waals surface area contributed by atoms with Gasteiger partial charge < -0.3 is 9.47 Å². The first kappa shape index (κ1) is 15.6. The van der Waals surface area contributed by atoms with E-state index in [9.17, 15) is 13.2 Å². The van der Waals surface area contributed by atoms with Crippen molar-refractivity contribution in [2.45, 2.75) is 6.92 Å². The number of benzene rings is 1. The van der Waals surface area contributed by atoms with E-state index in [0.717, 1.165) is 0 Å². The molecule has 0 aliphatic rings. The van der Waals surface area contributed by atoms with Gasteiger partial charge in [-0.1, -0.05) is 0 Å². The fourth-order valence-corrected chi connectivity index (χ4v) is 1.96. The van der Waals surface area contributed by atoms with Crippen molar-refractivity contribution in [1.82, 2.24) is 4.72 Å². The Morgan fingerprint density at radius 2 is 2.00 bits per heavy atom. The van der Waals surface area contributed by atoms with Crippen molar-refractivity contribution in [1.29, 1.82) is 5.26 Å². The Hall–Kier alpha value is -2.47. The van der Waals surface area contributed by atoms with E-state index in [1.165, 1.54) is 24.3 Å². The molecular weight excluding hydrogens is 286 g/mol. The van der Waals surface area contributed by atoms with Crippen molar-refractivity contribution < 1.29 is 22.7 Å². The number of amides is 1. The Morgan fingerprint density at radius 1 is 1.35 bits per heavy atom. The van der Waals surface area contributed by atoms with Gasteiger partial charge in [0.15, 0.2) is 6.61 Å². The van der Waals surface area contributed by atoms with Gasteiger partial charge in [-0.3, -0.25) is 4.72 Å². The largest absolute Gasteiger partial charge is 0.479 e. The highest BCUT2D eigenvalue weighted by Gasteiger charge is 2.14. The average molecular weight is 299 g/mol. The molecule has 0 atom stereocenters. The number of nitrogens with one attached hydrogen (secondary N) is 2. The van der Waals surface area contributed by atoms with Crippen LogP contribution in [-0.4, -0.2) is 27.7 Å². The molecule has 1 aromatic rings. The highest BCUT2D eigenvalue weighted by molar-refractivity contribution is 7.91. The third-order valence-electron chi connectivity index (χ3n) is 1.90. The maximum Gasteiger partial charge on any atom is 0.422 e. The summed E-state index contributed by atoms with van der Waals surface area (Å²) in [5, 5.41) is 8.34. The van der Waals surface area contributed by atoms with Gasteiger partial charge in [0.1, 0.15) is 11.8 Å². The molecule has 1 rings (SSSR count). The molecule has 0 aromatic heterocycles. The number of ether oxygens (including phenoxy) is 2. The quantitative estimate of drug-likeness (QED) is 0.808. The second-order valence-electron chi connectivity index (χ2n) is 3.40. The van der Waals surface area contributed by atoms with Crippen LogP contribution in [0.15, 0.2) is 24.3 Å². The summed E-state index contributed by atoms with van der Waals surface area (Å²) in [7, 11) is -4.05. The summed E-state index contributed by atoms with van der Waals surface area (Å²) >= 11 is 0. The first-order chi connectivity index (χ1) is 9.46. The zero-order valence-electron chi connectivity index (χ0n) is 10.6. The fraction of sp³-hybridized carbons (Fsp3) is 0.273. The first-order valence-corrected chi connectivity index (χ1v) is 7.02. The lowest BCUT2D eigenvalue weighted by Gasteiger charge is -2.09. The highest BCUT2D eigenvalue weighted by atomic mass is 32.2. The van der Waals surface area contributed by atoms with Crippen LogP contribution < -0.4 is 14.2 Å². The van der Waals surface area contributed by atoms with Gasteiger partial charge in [-0.25, -0.2) is 9.52 Å². The van der Waals surface area contributed by atoms with Crippen LogP contribution in [0.1, 0.15) is 6.92 Å². The summed E-state index contributed by atoms with van der Waals surface area (Å²) in [4.78, 5) is 11.0. The predicted molar refractivity (Wildman–Crippen MR) is 70.3 cm³/mol. The smallest absolute Gasteiger partial charge is 0.422 e. The van der Waals surface area contributed by atoms with Crippen LogP contribution in [0, 0.1) is 11.3 Å². The van der Waals surface area contributed by atoms with Crippen LogP contribution in [-0.2, 0) is 14.9 Å². The summed E-state index contributed by atoms with van der Waals surface area (Å²) in [6.45, 7) is 1.52. The molecule has 0 saturated carbocycles. The van der Waals surface area contributed by atoms with Gasteiger partial charge in [0, 0.05) is 0 Å². The van der Waals surface area contributed by atoms with Crippen molar-refractivity contribution in [2.75, 3.05) is 17.9 Å². The standard InChI is InChI=1S/C11H13N3O5S/c1-2-18-11(15)14-20(16,17)13-9-3-5-10(6-4-9)19-8-7-12/h3-6,13H,2,8H2,1H3,(H,14,15). The average Bonchev–Trinajstić information content (AvgIpc) is 2.37. The fourth-order valence-electron chi connectivity index (χ4n) is 1.19. The zero-order chi connectivity index (χ0) is 15.0. The van der Waals surface area contributed by atoms with E-state index in [-0.39, 0.29) is 18.9 Å². The Labute approximate surface area is 116 Å². The SMILES string of the molecule is CCOC(=O)NS(=O)(=O)Nc1ccc(OCC#N)cc1. The van der Waals surface area contributed by atoms with Gasteiger partial charge in [-0.05, 0) is 31.2 Å². The van der Waals surface area contributed by atoms with Crippen LogP contribution in [0.5, 0.6) is 5.75 Å². The number of nitriles is 1. The van der Waals surface area contributed by atoms with Gasteiger partial charge in [0.2, 0.25) is 0 Å². The lowest BCUT2D eigenvalue weighted by atomic mass is 10.3. The van der Waals surface area contributed by atoms with Gasteiger partial charge in [0.25, 0.3) is 0 Å². The molecule has 8 nitrogen and oxygen atoms in total. The van der Waals surface area contributed by atoms with Gasteiger partial charge in [-0.2, -0.15) is 13.7 Å². The van der Waals surface area contributed by atoms with E-state index >= 15 is 0 Å². The Balaban J connectivity index is 2.63. The Morgan fingerprint density at radius 3 is 2.55 bits per heavy atom. The summed E-state index contributed by atoms with van der Waals surface area (Å²) in [5.41, 5.74) is 0.228. The van der Waals surface area contributed by atoms with Crippen LogP contribution >= 0.6 is 0 Å². The number of hydrogen-bond donors (Lipinski definition) is 2. The van der Waals surface area contributed by atoms with E-state index in [4.69, 9.17) is 10.00 Å². The summed E-state index contributed by atoms with van der Waals surface area (Å²) < 4.78 is 36.4. The van der Waals surface area contributed by atoms with Gasteiger partial charge in [0.05, 0.1) is 12.3 Å². The maximum absolute atomic E-state index is 11.5. The molecule has 0 radical (unpaired) electrons. The van der Waals surface area contributed by atoms with E-state index in [1.54, 1.807) is 11.6 Å². The number of rotatable bonds is 6. The summed E-state index contributed by atoms with van der Waals surface area (Å²) in [6, 6.07) is 7.63. The number of anilines is 1. The lowest BCUT2D eigenvalue weighted by Crippen LogP contribution is -2.35. The van der Waals surface area contributed by atoms with Crippen molar-refractivity contribution in [3.05, 3.63) is 24.3 Å². The molecule has 0 heterocycles. The minimum absolute atomic E-state index is 0.0618. The van der Waals surface area contributed by atoms with Crippen molar-refractivity contribution in [3.63, 3.8) is 0 Å². The molecule has 0 spiro atoms. The van der Waals surface area contributed by atoms with Crippen LogP contribution in [0.25, 0.3) is 0 Å². The minimum atomic E-state index is -4.05. The molecule has 2 N–H and O–H groups in total. The van der Waals surface area contributed by atoms with E-state index in [2.05, 4.69) is 9.46 Å². The second kappa shape index (κ2) is 7.20. The summed E-state index contributed by atoms with van der Waals surface area (Å²) in [5.74, 6) is 0.424. The predicted octanol–water partition coefficient (Wildman–Crippen LogP) is 0.992. The Kier molecular flexibility index (Phi) is 5.61. The molecular formula is C11H13N3O5S. The molecule has 0 aliphatic carbocycles. The molecule has 0 saturated heterocycles. The third kappa shape index (κ3) is 5.45. The molecule has 0 aliphatic heterocycles. The molecule has 1 aromatic carbocycles. The Bertz CT molecular complexity index is 591. The minimum Gasteiger partial charge on any atom is -0.479 e. The first-order valence-electron chi connectivity index (χ1n) is 5.54. The number of carbonyl (C=O) groups excluding carboxylic acids is 1. The lowest BCUT2D eigenvalue weighted by molar-refractivity contribution is 0.159. The molecule has 20 heavy (non-hydrogen) atoms. The molecule has 108 valence electrons. The molecule has 1 amide bonds. The molecule has 0 unspecified atom stereocenters. The topological polar surface area (TPSA) is 118 Å². The number of hydrogen-bond acceptors (Lipinski definition) is 6. The molecule has 0 bridgehead atoms. The second-order valence-corrected chi connectivity index (χ2v) is 4.81. The zero-order valence-corrected chi connectivity index (χ0v) is 11.4. The third-order valence-corrected chi connectivity index (χ3v) is 2.84. The summed E-state index contributed by atoms with van der Waals surface area (Å²) in [6.07, 6.45) is -1.06. The van der Waals surface area contributed by atoms with Crippen LogP contribution in [0.4, 0.5) is 10.5 Å². The van der Waals surface area contributed by atoms with Crippen molar-refractivity contribution >= 4 is 22.0 Å². The molecule has 9 heteroatoms. The normalized spacial score (nSPS) is 10.2. The number of carbonyl (C=O) groups is 1. The van der Waals surface area contributed by atoms with E-state index < -0.39 is 16.3 Å². The number of nitrogens with zero attached hydrogens (tertiary/aromatic N) is 1. The van der Waals surface area contributed by atoms with E-state index in [0.29, 0.717) is 5.75 Å².